The Morgan fingerprint density at radius 2 is 1.83 bits per heavy atom. The molecule has 174 valence electrons. The maximum Gasteiger partial charge on any atom is 0.254 e. The van der Waals surface area contributed by atoms with Gasteiger partial charge in [-0.3, -0.25) is 4.79 Å². The van der Waals surface area contributed by atoms with E-state index in [0.29, 0.717) is 17.9 Å². The summed E-state index contributed by atoms with van der Waals surface area (Å²) in [4.78, 5) is 19.0. The SMILES string of the molecule is Cc1cccc2cc(C(c3nnnn3Cc3ccccc3)N3c4ccccc4CC3C)c(=O)[nH]c12. The van der Waals surface area contributed by atoms with Crippen molar-refractivity contribution in [3.05, 3.63) is 117 Å². The fourth-order valence-corrected chi connectivity index (χ4v) is 5.28. The highest BCUT2D eigenvalue weighted by Crippen LogP contribution is 2.40. The first-order valence-electron chi connectivity index (χ1n) is 11.9. The Kier molecular flexibility index (Phi) is 5.17. The van der Waals surface area contributed by atoms with E-state index in [4.69, 9.17) is 0 Å². The van der Waals surface area contributed by atoms with Crippen molar-refractivity contribution in [1.82, 2.24) is 25.2 Å². The first kappa shape index (κ1) is 21.3. The van der Waals surface area contributed by atoms with Crippen LogP contribution >= 0.6 is 0 Å². The van der Waals surface area contributed by atoms with Crippen molar-refractivity contribution >= 4 is 16.6 Å². The summed E-state index contributed by atoms with van der Waals surface area (Å²) in [6.45, 7) is 4.72. The van der Waals surface area contributed by atoms with Crippen molar-refractivity contribution < 1.29 is 0 Å². The summed E-state index contributed by atoms with van der Waals surface area (Å²) in [5.74, 6) is 0.648. The molecule has 0 spiro atoms. The molecule has 0 radical (unpaired) electrons. The second-order valence-corrected chi connectivity index (χ2v) is 9.26. The van der Waals surface area contributed by atoms with Crippen LogP contribution in [-0.4, -0.2) is 31.2 Å². The zero-order valence-electron chi connectivity index (χ0n) is 19.7. The van der Waals surface area contributed by atoms with Crippen LogP contribution in [0.5, 0.6) is 0 Å². The first-order valence-corrected chi connectivity index (χ1v) is 11.9. The summed E-state index contributed by atoms with van der Waals surface area (Å²) in [7, 11) is 0. The van der Waals surface area contributed by atoms with E-state index in [0.717, 1.165) is 34.1 Å². The summed E-state index contributed by atoms with van der Waals surface area (Å²) in [6.07, 6.45) is 0.900. The van der Waals surface area contributed by atoms with Gasteiger partial charge in [0.15, 0.2) is 5.82 Å². The van der Waals surface area contributed by atoms with Gasteiger partial charge in [0.2, 0.25) is 0 Å². The van der Waals surface area contributed by atoms with Crippen molar-refractivity contribution in [3.63, 3.8) is 0 Å². The standard InChI is InChI=1S/C28H26N6O/c1-18-9-8-13-22-16-23(28(35)29-25(18)22)26(34-19(2)15-21-12-6-7-14-24(21)34)27-30-31-32-33(27)17-20-10-4-3-5-11-20/h3-14,16,19,26H,15,17H2,1-2H3,(H,29,35). The number of nitrogens with zero attached hydrogens (tertiary/aromatic N) is 5. The lowest BCUT2D eigenvalue weighted by Gasteiger charge is -2.33. The summed E-state index contributed by atoms with van der Waals surface area (Å²) in [6, 6.07) is 26.3. The molecule has 0 saturated heterocycles. The van der Waals surface area contributed by atoms with E-state index in [2.05, 4.69) is 62.7 Å². The quantitative estimate of drug-likeness (QED) is 0.419. The minimum atomic E-state index is -0.443. The maximum atomic E-state index is 13.6. The minimum absolute atomic E-state index is 0.123. The maximum absolute atomic E-state index is 13.6. The second kappa shape index (κ2) is 8.51. The molecule has 0 bridgehead atoms. The van der Waals surface area contributed by atoms with Crippen molar-refractivity contribution in [3.8, 4) is 0 Å². The molecule has 1 aliphatic rings. The number of hydrogen-bond acceptors (Lipinski definition) is 5. The summed E-state index contributed by atoms with van der Waals surface area (Å²) >= 11 is 0. The average molecular weight is 463 g/mol. The van der Waals surface area contributed by atoms with Gasteiger partial charge in [-0.2, -0.15) is 0 Å². The topological polar surface area (TPSA) is 79.7 Å². The van der Waals surface area contributed by atoms with Crippen molar-refractivity contribution in [2.75, 3.05) is 4.90 Å². The lowest BCUT2D eigenvalue weighted by Crippen LogP contribution is -2.39. The van der Waals surface area contributed by atoms with Gasteiger partial charge in [-0.25, -0.2) is 4.68 Å². The van der Waals surface area contributed by atoms with E-state index in [1.807, 2.05) is 60.1 Å². The van der Waals surface area contributed by atoms with Crippen LogP contribution in [0.2, 0.25) is 0 Å². The van der Waals surface area contributed by atoms with Crippen LogP contribution in [0, 0.1) is 6.92 Å². The van der Waals surface area contributed by atoms with Crippen LogP contribution < -0.4 is 10.5 Å². The molecular weight excluding hydrogens is 436 g/mol. The Morgan fingerprint density at radius 3 is 2.69 bits per heavy atom. The van der Waals surface area contributed by atoms with Gasteiger partial charge in [0.25, 0.3) is 5.56 Å². The number of tetrazole rings is 1. The first-order chi connectivity index (χ1) is 17.1. The van der Waals surface area contributed by atoms with Crippen molar-refractivity contribution in [2.24, 2.45) is 0 Å². The Balaban J connectivity index is 1.56. The normalized spacial score (nSPS) is 15.9. The van der Waals surface area contributed by atoms with Gasteiger partial charge in [-0.15, -0.1) is 5.10 Å². The van der Waals surface area contributed by atoms with E-state index in [1.165, 1.54) is 5.56 Å². The third-order valence-electron chi connectivity index (χ3n) is 6.93. The van der Waals surface area contributed by atoms with Gasteiger partial charge in [-0.1, -0.05) is 66.7 Å². The number of nitrogens with one attached hydrogen (secondary N) is 1. The van der Waals surface area contributed by atoms with E-state index >= 15 is 0 Å². The third-order valence-corrected chi connectivity index (χ3v) is 6.93. The van der Waals surface area contributed by atoms with E-state index < -0.39 is 6.04 Å². The molecule has 35 heavy (non-hydrogen) atoms. The van der Waals surface area contributed by atoms with Gasteiger partial charge >= 0.3 is 0 Å². The Hall–Kier alpha value is -4.26. The van der Waals surface area contributed by atoms with Crippen molar-refractivity contribution in [1.29, 1.82) is 0 Å². The highest BCUT2D eigenvalue weighted by molar-refractivity contribution is 5.82. The van der Waals surface area contributed by atoms with Crippen LogP contribution in [0.1, 0.15) is 41.0 Å². The molecule has 2 aromatic heterocycles. The monoisotopic (exact) mass is 462 g/mol. The molecule has 0 amide bonds. The van der Waals surface area contributed by atoms with Gasteiger partial charge in [-0.05, 0) is 64.9 Å². The smallest absolute Gasteiger partial charge is 0.254 e. The summed E-state index contributed by atoms with van der Waals surface area (Å²) < 4.78 is 1.81. The van der Waals surface area contributed by atoms with Crippen LogP contribution in [-0.2, 0) is 13.0 Å². The Bertz CT molecular complexity index is 1570. The number of aryl methyl sites for hydroxylation is 1. The predicted molar refractivity (Wildman–Crippen MR) is 137 cm³/mol. The molecule has 7 heteroatoms. The number of rotatable bonds is 5. The Labute approximate surface area is 203 Å². The number of aromatic amines is 1. The molecule has 2 atom stereocenters. The van der Waals surface area contributed by atoms with E-state index in [1.54, 1.807) is 0 Å². The highest BCUT2D eigenvalue weighted by atomic mass is 16.1. The zero-order valence-corrected chi connectivity index (χ0v) is 19.7. The summed E-state index contributed by atoms with van der Waals surface area (Å²) in [5, 5.41) is 13.9. The van der Waals surface area contributed by atoms with Gasteiger partial charge < -0.3 is 9.88 Å². The van der Waals surface area contributed by atoms with Gasteiger partial charge in [0.05, 0.1) is 12.1 Å². The molecule has 3 heterocycles. The van der Waals surface area contributed by atoms with Crippen molar-refractivity contribution in [2.45, 2.75) is 38.9 Å². The molecule has 5 aromatic rings. The number of hydrogen-bond donors (Lipinski definition) is 1. The van der Waals surface area contributed by atoms with Gasteiger partial charge in [0.1, 0.15) is 6.04 Å². The molecule has 0 saturated carbocycles. The average Bonchev–Trinajstić information content (AvgIpc) is 3.45. The number of pyridine rings is 1. The minimum Gasteiger partial charge on any atom is -0.354 e. The Morgan fingerprint density at radius 1 is 1.03 bits per heavy atom. The number of anilines is 1. The highest BCUT2D eigenvalue weighted by Gasteiger charge is 2.37. The third kappa shape index (κ3) is 3.69. The van der Waals surface area contributed by atoms with Crippen LogP contribution in [0.4, 0.5) is 5.69 Å². The fraction of sp³-hybridized carbons (Fsp3) is 0.214. The van der Waals surface area contributed by atoms with Crippen LogP contribution in [0.15, 0.2) is 83.7 Å². The lowest BCUT2D eigenvalue weighted by molar-refractivity contribution is 0.544. The number of H-pyrrole nitrogens is 1. The number of aromatic nitrogens is 5. The van der Waals surface area contributed by atoms with Crippen LogP contribution in [0.3, 0.4) is 0 Å². The number of fused-ring (bicyclic) bond motifs is 2. The van der Waals surface area contributed by atoms with E-state index in [9.17, 15) is 4.79 Å². The summed E-state index contributed by atoms with van der Waals surface area (Å²) in [5.41, 5.74) is 5.88. The molecule has 1 aliphatic heterocycles. The predicted octanol–water partition coefficient (Wildman–Crippen LogP) is 4.41. The largest absolute Gasteiger partial charge is 0.354 e. The molecule has 0 fully saturated rings. The zero-order chi connectivity index (χ0) is 23.9. The molecule has 3 aromatic carbocycles. The molecule has 7 nitrogen and oxygen atoms in total. The molecule has 2 unspecified atom stereocenters. The molecule has 0 aliphatic carbocycles. The number of para-hydroxylation sites is 2. The number of benzene rings is 3. The molecule has 1 N–H and O–H groups in total. The fourth-order valence-electron chi connectivity index (χ4n) is 5.28. The lowest BCUT2D eigenvalue weighted by atomic mass is 10.0. The molecule has 6 rings (SSSR count). The second-order valence-electron chi connectivity index (χ2n) is 9.26. The van der Waals surface area contributed by atoms with Crippen LogP contribution in [0.25, 0.3) is 10.9 Å². The molecular formula is C28H26N6O. The van der Waals surface area contributed by atoms with Gasteiger partial charge in [0, 0.05) is 17.3 Å². The van der Waals surface area contributed by atoms with E-state index in [-0.39, 0.29) is 11.6 Å².